The highest BCUT2D eigenvalue weighted by molar-refractivity contribution is 5.84. The number of hydrogen-bond acceptors (Lipinski definition) is 4. The molecule has 1 aliphatic rings. The third-order valence-electron chi connectivity index (χ3n) is 2.79. The van der Waals surface area contributed by atoms with Crippen molar-refractivity contribution in [2.45, 2.75) is 38.3 Å². The van der Waals surface area contributed by atoms with Crippen molar-refractivity contribution in [2.75, 3.05) is 6.54 Å². The standard InChI is InChI=1S/C11H15F2N3O3/c1-6(2)8(19-10(15)18)9(17)16-5-11(12,13)3-7(16)4-14/h6-8H,3,5H2,1-2H3,(H2,15,18). The lowest BCUT2D eigenvalue weighted by molar-refractivity contribution is -0.143. The number of carbonyl (C=O) groups excluding carboxylic acids is 2. The van der Waals surface area contributed by atoms with Crippen LogP contribution in [0.1, 0.15) is 20.3 Å². The fourth-order valence-electron chi connectivity index (χ4n) is 1.92. The minimum Gasteiger partial charge on any atom is -0.436 e. The second kappa shape index (κ2) is 5.38. The zero-order chi connectivity index (χ0) is 14.8. The normalized spacial score (nSPS) is 22.9. The summed E-state index contributed by atoms with van der Waals surface area (Å²) >= 11 is 0. The second-order valence-electron chi connectivity index (χ2n) is 4.77. The average molecular weight is 275 g/mol. The minimum absolute atomic E-state index is 0.437. The first kappa shape index (κ1) is 15.1. The van der Waals surface area contributed by atoms with Gasteiger partial charge in [-0.25, -0.2) is 13.6 Å². The van der Waals surface area contributed by atoms with Gasteiger partial charge in [0, 0.05) is 6.42 Å². The van der Waals surface area contributed by atoms with Gasteiger partial charge in [0.1, 0.15) is 6.04 Å². The highest BCUT2D eigenvalue weighted by Crippen LogP contribution is 2.32. The van der Waals surface area contributed by atoms with E-state index in [1.54, 1.807) is 19.9 Å². The van der Waals surface area contributed by atoms with Crippen LogP contribution in [0.3, 0.4) is 0 Å². The van der Waals surface area contributed by atoms with E-state index in [0.717, 1.165) is 4.90 Å². The topological polar surface area (TPSA) is 96.4 Å². The van der Waals surface area contributed by atoms with Crippen LogP contribution in [0.2, 0.25) is 0 Å². The van der Waals surface area contributed by atoms with Crippen molar-refractivity contribution in [3.05, 3.63) is 0 Å². The van der Waals surface area contributed by atoms with Crippen LogP contribution >= 0.6 is 0 Å². The number of ether oxygens (including phenoxy) is 1. The van der Waals surface area contributed by atoms with Crippen molar-refractivity contribution in [2.24, 2.45) is 11.7 Å². The Bertz CT molecular complexity index is 420. The molecule has 1 fully saturated rings. The Hall–Kier alpha value is -1.91. The van der Waals surface area contributed by atoms with Gasteiger partial charge in [-0.1, -0.05) is 13.8 Å². The zero-order valence-electron chi connectivity index (χ0n) is 10.6. The molecule has 0 saturated carbocycles. The van der Waals surface area contributed by atoms with Crippen LogP contribution < -0.4 is 5.73 Å². The first-order valence-electron chi connectivity index (χ1n) is 5.72. The lowest BCUT2D eigenvalue weighted by Gasteiger charge is -2.26. The highest BCUT2D eigenvalue weighted by atomic mass is 19.3. The number of primary amides is 1. The van der Waals surface area contributed by atoms with Gasteiger partial charge in [0.25, 0.3) is 11.8 Å². The number of nitrogens with zero attached hydrogens (tertiary/aromatic N) is 2. The van der Waals surface area contributed by atoms with Crippen molar-refractivity contribution in [1.29, 1.82) is 5.26 Å². The predicted octanol–water partition coefficient (Wildman–Crippen LogP) is 0.866. The maximum Gasteiger partial charge on any atom is 0.405 e. The Balaban J connectivity index is 2.91. The van der Waals surface area contributed by atoms with Crippen LogP contribution in [0.25, 0.3) is 0 Å². The van der Waals surface area contributed by atoms with E-state index in [-0.39, 0.29) is 0 Å². The first-order valence-corrected chi connectivity index (χ1v) is 5.72. The molecular formula is C11H15F2N3O3. The summed E-state index contributed by atoms with van der Waals surface area (Å²) in [6.45, 7) is 2.32. The molecule has 1 heterocycles. The molecule has 1 aliphatic heterocycles. The van der Waals surface area contributed by atoms with Gasteiger partial charge in [0.2, 0.25) is 0 Å². The van der Waals surface area contributed by atoms with Crippen LogP contribution in [0.4, 0.5) is 13.6 Å². The minimum atomic E-state index is -3.11. The third-order valence-corrected chi connectivity index (χ3v) is 2.79. The van der Waals surface area contributed by atoms with Gasteiger partial charge in [-0.2, -0.15) is 5.26 Å². The van der Waals surface area contributed by atoms with Gasteiger partial charge in [-0.3, -0.25) is 4.79 Å². The fraction of sp³-hybridized carbons (Fsp3) is 0.727. The van der Waals surface area contributed by atoms with Crippen molar-refractivity contribution < 1.29 is 23.1 Å². The molecule has 2 atom stereocenters. The number of alkyl halides is 2. The summed E-state index contributed by atoms with van der Waals surface area (Å²) in [5.74, 6) is -4.37. The molecule has 2 N–H and O–H groups in total. The SMILES string of the molecule is CC(C)C(OC(N)=O)C(=O)N1CC(F)(F)CC1C#N. The molecule has 0 aromatic carbocycles. The van der Waals surface area contributed by atoms with E-state index in [1.807, 2.05) is 0 Å². The van der Waals surface area contributed by atoms with Crippen molar-refractivity contribution in [3.63, 3.8) is 0 Å². The monoisotopic (exact) mass is 275 g/mol. The Morgan fingerprint density at radius 1 is 1.53 bits per heavy atom. The molecule has 1 rings (SSSR count). The summed E-state index contributed by atoms with van der Waals surface area (Å²) in [5.41, 5.74) is 4.84. The number of hydrogen-bond donors (Lipinski definition) is 1. The molecule has 6 nitrogen and oxygen atoms in total. The van der Waals surface area contributed by atoms with E-state index in [0.29, 0.717) is 0 Å². The lowest BCUT2D eigenvalue weighted by Crippen LogP contribution is -2.47. The van der Waals surface area contributed by atoms with Gasteiger partial charge in [-0.05, 0) is 5.92 Å². The third kappa shape index (κ3) is 3.53. The number of likely N-dealkylation sites (tertiary alicyclic amines) is 1. The molecule has 19 heavy (non-hydrogen) atoms. The van der Waals surface area contributed by atoms with E-state index in [9.17, 15) is 18.4 Å². The number of halogens is 2. The van der Waals surface area contributed by atoms with Gasteiger partial charge in [0.05, 0.1) is 12.6 Å². The van der Waals surface area contributed by atoms with Gasteiger partial charge < -0.3 is 15.4 Å². The summed E-state index contributed by atoms with van der Waals surface area (Å²) in [4.78, 5) is 23.6. The van der Waals surface area contributed by atoms with Gasteiger partial charge >= 0.3 is 6.09 Å². The molecule has 0 aliphatic carbocycles. The molecule has 0 spiro atoms. The number of amides is 2. The van der Waals surface area contributed by atoms with Crippen molar-refractivity contribution >= 4 is 12.0 Å². The average Bonchev–Trinajstić information content (AvgIpc) is 2.60. The molecule has 106 valence electrons. The van der Waals surface area contributed by atoms with E-state index >= 15 is 0 Å². The Morgan fingerprint density at radius 2 is 2.11 bits per heavy atom. The smallest absolute Gasteiger partial charge is 0.405 e. The Morgan fingerprint density at radius 3 is 2.53 bits per heavy atom. The quantitative estimate of drug-likeness (QED) is 0.826. The molecule has 1 saturated heterocycles. The van der Waals surface area contributed by atoms with Crippen molar-refractivity contribution in [1.82, 2.24) is 4.90 Å². The summed E-state index contributed by atoms with van der Waals surface area (Å²) in [7, 11) is 0. The van der Waals surface area contributed by atoms with E-state index in [2.05, 4.69) is 4.74 Å². The molecule has 0 radical (unpaired) electrons. The van der Waals surface area contributed by atoms with Crippen LogP contribution in [0.5, 0.6) is 0 Å². The largest absolute Gasteiger partial charge is 0.436 e. The van der Waals surface area contributed by atoms with Crippen LogP contribution in [0, 0.1) is 17.2 Å². The number of nitrogens with two attached hydrogens (primary N) is 1. The summed E-state index contributed by atoms with van der Waals surface area (Å²) in [6.07, 6.45) is -3.13. The number of nitriles is 1. The molecule has 2 unspecified atom stereocenters. The molecule has 2 amide bonds. The summed E-state index contributed by atoms with van der Waals surface area (Å²) < 4.78 is 31.1. The zero-order valence-corrected chi connectivity index (χ0v) is 10.6. The maximum absolute atomic E-state index is 13.2. The van der Waals surface area contributed by atoms with Crippen LogP contribution in [-0.4, -0.2) is 41.5 Å². The maximum atomic E-state index is 13.2. The molecule has 0 aromatic heterocycles. The number of carbonyl (C=O) groups is 2. The molecule has 0 aromatic rings. The fourth-order valence-corrected chi connectivity index (χ4v) is 1.92. The van der Waals surface area contributed by atoms with E-state index in [1.165, 1.54) is 0 Å². The summed E-state index contributed by atoms with van der Waals surface area (Å²) in [5, 5.41) is 8.81. The number of rotatable bonds is 3. The van der Waals surface area contributed by atoms with E-state index < -0.39 is 49.0 Å². The predicted molar refractivity (Wildman–Crippen MR) is 60.0 cm³/mol. The first-order chi connectivity index (χ1) is 8.68. The molecule has 0 bridgehead atoms. The van der Waals surface area contributed by atoms with Crippen LogP contribution in [0.15, 0.2) is 0 Å². The lowest BCUT2D eigenvalue weighted by atomic mass is 10.1. The van der Waals surface area contributed by atoms with Crippen LogP contribution in [-0.2, 0) is 9.53 Å². The van der Waals surface area contributed by atoms with Gasteiger partial charge in [0.15, 0.2) is 6.10 Å². The summed E-state index contributed by atoms with van der Waals surface area (Å²) in [6, 6.07) is 0.429. The second-order valence-corrected chi connectivity index (χ2v) is 4.77. The Kier molecular flexibility index (Phi) is 4.29. The Labute approximate surface area is 109 Å². The van der Waals surface area contributed by atoms with E-state index in [4.69, 9.17) is 11.0 Å². The molecular weight excluding hydrogens is 260 g/mol. The highest BCUT2D eigenvalue weighted by Gasteiger charge is 2.49. The van der Waals surface area contributed by atoms with Crippen molar-refractivity contribution in [3.8, 4) is 6.07 Å². The molecule has 8 heteroatoms. The van der Waals surface area contributed by atoms with Gasteiger partial charge in [-0.15, -0.1) is 0 Å².